The number of carbonyl (C=O) groups is 2. The smallest absolute Gasteiger partial charge is 0.264 e. The van der Waals surface area contributed by atoms with Crippen molar-refractivity contribution in [3.8, 4) is 0 Å². The average molecular weight is 697 g/mol. The van der Waals surface area contributed by atoms with E-state index in [0.29, 0.717) is 6.42 Å². The van der Waals surface area contributed by atoms with Gasteiger partial charge in [0.05, 0.1) is 15.6 Å². The summed E-state index contributed by atoms with van der Waals surface area (Å²) in [4.78, 5) is 29.8. The zero-order valence-electron chi connectivity index (χ0n) is 24.6. The summed E-state index contributed by atoms with van der Waals surface area (Å²) in [5.41, 5.74) is 1.80. The lowest BCUT2D eigenvalue weighted by molar-refractivity contribution is -0.140. The lowest BCUT2D eigenvalue weighted by Crippen LogP contribution is -2.54. The van der Waals surface area contributed by atoms with Crippen molar-refractivity contribution in [3.05, 3.63) is 130 Å². The van der Waals surface area contributed by atoms with Gasteiger partial charge < -0.3 is 10.2 Å². The van der Waals surface area contributed by atoms with Crippen molar-refractivity contribution in [2.24, 2.45) is 0 Å². The molecular formula is C34H35BrClN3O4S. The minimum absolute atomic E-state index is 0.0154. The quantitative estimate of drug-likeness (QED) is 0.166. The Morgan fingerprint density at radius 1 is 0.864 bits per heavy atom. The van der Waals surface area contributed by atoms with E-state index in [2.05, 4.69) is 21.2 Å². The number of benzene rings is 4. The first-order valence-electron chi connectivity index (χ1n) is 14.3. The molecular weight excluding hydrogens is 662 g/mol. The van der Waals surface area contributed by atoms with Crippen molar-refractivity contribution >= 4 is 55.1 Å². The van der Waals surface area contributed by atoms with Crippen molar-refractivity contribution < 1.29 is 18.0 Å². The third-order valence-corrected chi connectivity index (χ3v) is 9.83. The van der Waals surface area contributed by atoms with Crippen LogP contribution in [0.1, 0.15) is 31.4 Å². The summed E-state index contributed by atoms with van der Waals surface area (Å²) in [6, 6.07) is 30.3. The van der Waals surface area contributed by atoms with Gasteiger partial charge in [-0.25, -0.2) is 8.42 Å². The molecule has 0 fully saturated rings. The SMILES string of the molecule is CC[C@H](C)NC(=O)[C@H](Cc1ccccc1)N(Cc1cccc(Br)c1)C(=O)CN(c1ccccc1Cl)S(=O)(=O)c1ccccc1. The van der Waals surface area contributed by atoms with E-state index in [-0.39, 0.29) is 40.5 Å². The largest absolute Gasteiger partial charge is 0.352 e. The highest BCUT2D eigenvalue weighted by atomic mass is 79.9. The second-order valence-corrected chi connectivity index (χ2v) is 13.6. The fourth-order valence-corrected chi connectivity index (χ4v) is 6.90. The number of nitrogens with zero attached hydrogens (tertiary/aromatic N) is 2. The van der Waals surface area contributed by atoms with Crippen LogP contribution in [0.3, 0.4) is 0 Å². The van der Waals surface area contributed by atoms with E-state index < -0.39 is 28.5 Å². The van der Waals surface area contributed by atoms with Crippen LogP contribution in [0.15, 0.2) is 119 Å². The summed E-state index contributed by atoms with van der Waals surface area (Å²) in [7, 11) is -4.22. The Hall–Kier alpha value is -3.66. The molecule has 0 radical (unpaired) electrons. The highest BCUT2D eigenvalue weighted by molar-refractivity contribution is 9.10. The van der Waals surface area contributed by atoms with Gasteiger partial charge in [0.25, 0.3) is 10.0 Å². The highest BCUT2D eigenvalue weighted by Crippen LogP contribution is 2.31. The Morgan fingerprint density at radius 3 is 2.11 bits per heavy atom. The van der Waals surface area contributed by atoms with Crippen LogP contribution in [0, 0.1) is 0 Å². The molecule has 0 bridgehead atoms. The number of hydrogen-bond acceptors (Lipinski definition) is 4. The number of amides is 2. The first-order valence-corrected chi connectivity index (χ1v) is 16.9. The third-order valence-electron chi connectivity index (χ3n) is 7.25. The Labute approximate surface area is 273 Å². The second kappa shape index (κ2) is 15.4. The number of rotatable bonds is 13. The molecule has 230 valence electrons. The Morgan fingerprint density at radius 2 is 1.48 bits per heavy atom. The molecule has 44 heavy (non-hydrogen) atoms. The van der Waals surface area contributed by atoms with E-state index in [1.807, 2.05) is 68.4 Å². The van der Waals surface area contributed by atoms with Gasteiger partial charge in [-0.3, -0.25) is 13.9 Å². The molecule has 0 aliphatic carbocycles. The van der Waals surface area contributed by atoms with Crippen molar-refractivity contribution in [3.63, 3.8) is 0 Å². The normalized spacial score (nSPS) is 12.6. The molecule has 0 unspecified atom stereocenters. The van der Waals surface area contributed by atoms with E-state index in [0.717, 1.165) is 19.9 Å². The third kappa shape index (κ3) is 8.49. The van der Waals surface area contributed by atoms with Crippen molar-refractivity contribution in [1.29, 1.82) is 0 Å². The number of nitrogens with one attached hydrogen (secondary N) is 1. The maximum Gasteiger partial charge on any atom is 0.264 e. The molecule has 1 N–H and O–H groups in total. The molecule has 0 saturated carbocycles. The second-order valence-electron chi connectivity index (χ2n) is 10.5. The standard InChI is InChI=1S/C34H35BrClN3O4S/c1-3-25(2)37-34(41)32(22-26-13-6-4-7-14-26)38(23-27-15-12-16-28(35)21-27)33(40)24-39(31-20-11-10-19-30(31)36)44(42,43)29-17-8-5-9-18-29/h4-21,25,32H,3,22-24H2,1-2H3,(H,37,41)/t25-,32-/m0/s1. The van der Waals surface area contributed by atoms with Crippen LogP contribution in [0.4, 0.5) is 5.69 Å². The van der Waals surface area contributed by atoms with Crippen LogP contribution in [0.2, 0.25) is 5.02 Å². The zero-order valence-corrected chi connectivity index (χ0v) is 27.7. The molecule has 2 atom stereocenters. The minimum Gasteiger partial charge on any atom is -0.352 e. The highest BCUT2D eigenvalue weighted by Gasteiger charge is 2.35. The van der Waals surface area contributed by atoms with Crippen LogP contribution in [-0.2, 0) is 32.6 Å². The van der Waals surface area contributed by atoms with Gasteiger partial charge in [0.15, 0.2) is 0 Å². The van der Waals surface area contributed by atoms with E-state index >= 15 is 0 Å². The monoisotopic (exact) mass is 695 g/mol. The number of sulfonamides is 1. The maximum absolute atomic E-state index is 14.5. The van der Waals surface area contributed by atoms with Crippen molar-refractivity contribution in [1.82, 2.24) is 10.2 Å². The summed E-state index contributed by atoms with van der Waals surface area (Å²) in [5, 5.41) is 3.21. The molecule has 0 heterocycles. The fraction of sp³-hybridized carbons (Fsp3) is 0.235. The predicted molar refractivity (Wildman–Crippen MR) is 179 cm³/mol. The van der Waals surface area contributed by atoms with Gasteiger partial charge in [-0.05, 0) is 60.9 Å². The first-order chi connectivity index (χ1) is 21.1. The summed E-state index contributed by atoms with van der Waals surface area (Å²) < 4.78 is 29.9. The van der Waals surface area contributed by atoms with E-state index in [4.69, 9.17) is 11.6 Å². The number of anilines is 1. The van der Waals surface area contributed by atoms with Gasteiger partial charge in [0.1, 0.15) is 12.6 Å². The van der Waals surface area contributed by atoms with Crippen LogP contribution in [0.25, 0.3) is 0 Å². The topological polar surface area (TPSA) is 86.8 Å². The van der Waals surface area contributed by atoms with Gasteiger partial charge in [0, 0.05) is 23.5 Å². The van der Waals surface area contributed by atoms with Crippen LogP contribution in [0.5, 0.6) is 0 Å². The summed E-state index contributed by atoms with van der Waals surface area (Å²) in [6.45, 7) is 3.38. The summed E-state index contributed by atoms with van der Waals surface area (Å²) in [5.74, 6) is -0.869. The van der Waals surface area contributed by atoms with Crippen LogP contribution < -0.4 is 9.62 Å². The Balaban J connectivity index is 1.81. The predicted octanol–water partition coefficient (Wildman–Crippen LogP) is 6.85. The molecule has 10 heteroatoms. The Bertz CT molecular complexity index is 1670. The maximum atomic E-state index is 14.5. The molecule has 2 amide bonds. The van der Waals surface area contributed by atoms with Crippen molar-refractivity contribution in [2.75, 3.05) is 10.8 Å². The van der Waals surface area contributed by atoms with Gasteiger partial charge in [-0.2, -0.15) is 0 Å². The molecule has 0 aromatic heterocycles. The van der Waals surface area contributed by atoms with Gasteiger partial charge in [-0.1, -0.05) is 107 Å². The van der Waals surface area contributed by atoms with E-state index in [1.165, 1.54) is 17.0 Å². The molecule has 4 aromatic rings. The summed E-state index contributed by atoms with van der Waals surface area (Å²) in [6.07, 6.45) is 0.944. The molecule has 0 spiro atoms. The molecule has 4 aromatic carbocycles. The molecule has 4 rings (SSSR count). The minimum atomic E-state index is -4.22. The lowest BCUT2D eigenvalue weighted by atomic mass is 10.0. The molecule has 7 nitrogen and oxygen atoms in total. The molecule has 0 saturated heterocycles. The lowest BCUT2D eigenvalue weighted by Gasteiger charge is -2.34. The van der Waals surface area contributed by atoms with Crippen LogP contribution >= 0.6 is 27.5 Å². The number of para-hydroxylation sites is 1. The number of carbonyl (C=O) groups excluding carboxylic acids is 2. The summed E-state index contributed by atoms with van der Waals surface area (Å²) >= 11 is 10.0. The van der Waals surface area contributed by atoms with E-state index in [9.17, 15) is 18.0 Å². The first kappa shape index (κ1) is 33.2. The van der Waals surface area contributed by atoms with Gasteiger partial charge in [0.2, 0.25) is 11.8 Å². The average Bonchev–Trinajstić information content (AvgIpc) is 3.02. The fourth-order valence-electron chi connectivity index (χ4n) is 4.71. The zero-order chi connectivity index (χ0) is 31.7. The van der Waals surface area contributed by atoms with Crippen LogP contribution in [-0.4, -0.2) is 43.8 Å². The molecule has 0 aliphatic heterocycles. The molecule has 0 aliphatic rings. The van der Waals surface area contributed by atoms with Crippen molar-refractivity contribution in [2.45, 2.75) is 50.2 Å². The van der Waals surface area contributed by atoms with E-state index in [1.54, 1.807) is 42.5 Å². The van der Waals surface area contributed by atoms with Gasteiger partial charge in [-0.15, -0.1) is 0 Å². The van der Waals surface area contributed by atoms with Gasteiger partial charge >= 0.3 is 0 Å². The number of hydrogen-bond donors (Lipinski definition) is 1. The number of halogens is 2. The Kier molecular flexibility index (Phi) is 11.6.